The second-order valence-electron chi connectivity index (χ2n) is 4.15. The first kappa shape index (κ1) is 13.0. The topological polar surface area (TPSA) is 75.3 Å². The summed E-state index contributed by atoms with van der Waals surface area (Å²) >= 11 is 0. The van der Waals surface area contributed by atoms with E-state index in [1.807, 2.05) is 4.72 Å². The van der Waals surface area contributed by atoms with Crippen LogP contribution in [0.15, 0.2) is 18.2 Å². The second-order valence-corrected chi connectivity index (χ2v) is 5.77. The van der Waals surface area contributed by atoms with Gasteiger partial charge in [-0.05, 0) is 36.5 Å². The van der Waals surface area contributed by atoms with Crippen molar-refractivity contribution in [2.75, 3.05) is 7.05 Å². The van der Waals surface area contributed by atoms with Crippen LogP contribution in [0, 0.1) is 5.82 Å². The first-order valence-corrected chi connectivity index (χ1v) is 6.96. The maximum absolute atomic E-state index is 13.5. The van der Waals surface area contributed by atoms with Crippen LogP contribution in [0.25, 0.3) is 0 Å². The van der Waals surface area contributed by atoms with Crippen LogP contribution < -0.4 is 9.44 Å². The van der Waals surface area contributed by atoms with Crippen LogP contribution in [-0.4, -0.2) is 21.4 Å². The van der Waals surface area contributed by atoms with Gasteiger partial charge in [0.2, 0.25) is 0 Å². The van der Waals surface area contributed by atoms with Crippen LogP contribution in [0.1, 0.15) is 34.7 Å². The van der Waals surface area contributed by atoms with Gasteiger partial charge in [-0.2, -0.15) is 8.42 Å². The third kappa shape index (κ3) is 2.85. The third-order valence-corrected chi connectivity index (χ3v) is 3.77. The molecule has 18 heavy (non-hydrogen) atoms. The molecular weight excluding hydrogens is 259 g/mol. The molecule has 0 spiro atoms. The van der Waals surface area contributed by atoms with E-state index < -0.39 is 21.9 Å². The van der Waals surface area contributed by atoms with Crippen LogP contribution in [0.2, 0.25) is 0 Å². The summed E-state index contributed by atoms with van der Waals surface area (Å²) in [6.45, 7) is 0. The molecule has 1 aromatic rings. The lowest BCUT2D eigenvalue weighted by molar-refractivity contribution is 0.0977. The Bertz CT molecular complexity index is 582. The van der Waals surface area contributed by atoms with Gasteiger partial charge in [0.15, 0.2) is 0 Å². The van der Waals surface area contributed by atoms with Crippen LogP contribution in [0.3, 0.4) is 0 Å². The molecule has 1 saturated carbocycles. The lowest BCUT2D eigenvalue weighted by Crippen LogP contribution is -2.38. The monoisotopic (exact) mass is 272 g/mol. The van der Waals surface area contributed by atoms with Gasteiger partial charge in [0.25, 0.3) is 5.91 Å². The Labute approximate surface area is 105 Å². The Morgan fingerprint density at radius 2 is 2.06 bits per heavy atom. The largest absolute Gasteiger partial charge is 0.301 e. The van der Waals surface area contributed by atoms with Crippen molar-refractivity contribution in [1.29, 1.82) is 0 Å². The normalized spacial score (nSPS) is 15.4. The maximum atomic E-state index is 13.5. The van der Waals surface area contributed by atoms with Crippen LogP contribution in [0.5, 0.6) is 0 Å². The average molecular weight is 272 g/mol. The first-order valence-electron chi connectivity index (χ1n) is 5.48. The molecule has 0 saturated heterocycles. The highest BCUT2D eigenvalue weighted by Crippen LogP contribution is 2.40. The number of hydrogen-bond acceptors (Lipinski definition) is 3. The predicted octanol–water partition coefficient (Wildman–Crippen LogP) is 0.897. The average Bonchev–Trinajstić information content (AvgIpc) is 3.13. The van der Waals surface area contributed by atoms with Crippen molar-refractivity contribution in [1.82, 2.24) is 9.44 Å². The van der Waals surface area contributed by atoms with E-state index in [4.69, 9.17) is 0 Å². The number of carbonyl (C=O) groups excluding carboxylic acids is 1. The van der Waals surface area contributed by atoms with Crippen molar-refractivity contribution < 1.29 is 17.6 Å². The van der Waals surface area contributed by atoms with Gasteiger partial charge < -0.3 is 0 Å². The summed E-state index contributed by atoms with van der Waals surface area (Å²) < 4.78 is 39.5. The standard InChI is InChI=1S/C11H13FN2O3S/c1-13-18(16,17)14-11(15)9-6-8(7-2-3-7)4-5-10(9)12/h4-7,13H,2-3H2,1H3,(H,14,15). The van der Waals surface area contributed by atoms with Crippen molar-refractivity contribution in [3.63, 3.8) is 0 Å². The molecule has 0 bridgehead atoms. The van der Waals surface area contributed by atoms with Gasteiger partial charge in [0.05, 0.1) is 5.56 Å². The zero-order chi connectivity index (χ0) is 13.3. The van der Waals surface area contributed by atoms with Gasteiger partial charge in [0.1, 0.15) is 5.82 Å². The van der Waals surface area contributed by atoms with Gasteiger partial charge in [0, 0.05) is 7.05 Å². The maximum Gasteiger partial charge on any atom is 0.301 e. The Morgan fingerprint density at radius 1 is 1.39 bits per heavy atom. The minimum Gasteiger partial charge on any atom is -0.268 e. The summed E-state index contributed by atoms with van der Waals surface area (Å²) in [4.78, 5) is 11.7. The summed E-state index contributed by atoms with van der Waals surface area (Å²) in [7, 11) is -2.76. The number of hydrogen-bond donors (Lipinski definition) is 2. The fourth-order valence-electron chi connectivity index (χ4n) is 1.62. The van der Waals surface area contributed by atoms with Crippen molar-refractivity contribution in [3.8, 4) is 0 Å². The Morgan fingerprint density at radius 3 is 2.61 bits per heavy atom. The van der Waals surface area contributed by atoms with E-state index in [0.29, 0.717) is 5.92 Å². The van der Waals surface area contributed by atoms with Crippen molar-refractivity contribution in [2.45, 2.75) is 18.8 Å². The summed E-state index contributed by atoms with van der Waals surface area (Å²) in [6, 6.07) is 4.22. The lowest BCUT2D eigenvalue weighted by Gasteiger charge is -2.07. The van der Waals surface area contributed by atoms with Crippen molar-refractivity contribution in [2.24, 2.45) is 0 Å². The first-order chi connectivity index (χ1) is 8.43. The highest BCUT2D eigenvalue weighted by atomic mass is 32.2. The molecule has 0 unspecified atom stereocenters. The van der Waals surface area contributed by atoms with Crippen LogP contribution in [0.4, 0.5) is 4.39 Å². The number of benzene rings is 1. The number of halogens is 1. The number of amides is 1. The van der Waals surface area contributed by atoms with Gasteiger partial charge in [-0.15, -0.1) is 0 Å². The minimum absolute atomic E-state index is 0.252. The van der Waals surface area contributed by atoms with Crippen LogP contribution >= 0.6 is 0 Å². The molecule has 1 aliphatic carbocycles. The molecule has 0 aromatic heterocycles. The molecule has 1 aromatic carbocycles. The number of rotatable bonds is 4. The smallest absolute Gasteiger partial charge is 0.268 e. The molecule has 1 fully saturated rings. The van der Waals surface area contributed by atoms with E-state index in [0.717, 1.165) is 25.5 Å². The Kier molecular flexibility index (Phi) is 3.36. The molecule has 0 atom stereocenters. The summed E-state index contributed by atoms with van der Waals surface area (Å²) in [5.41, 5.74) is 0.613. The predicted molar refractivity (Wildman–Crippen MR) is 63.8 cm³/mol. The SMILES string of the molecule is CNS(=O)(=O)NC(=O)c1cc(C2CC2)ccc1F. The van der Waals surface area contributed by atoms with Gasteiger partial charge >= 0.3 is 10.2 Å². The Balaban J connectivity index is 2.26. The van der Waals surface area contributed by atoms with Gasteiger partial charge in [-0.25, -0.2) is 13.8 Å². The molecular formula is C11H13FN2O3S. The molecule has 0 radical (unpaired) electrons. The highest BCUT2D eigenvalue weighted by molar-refractivity contribution is 7.88. The molecule has 0 aliphatic heterocycles. The highest BCUT2D eigenvalue weighted by Gasteiger charge is 2.26. The number of nitrogens with one attached hydrogen (secondary N) is 2. The fraction of sp³-hybridized carbons (Fsp3) is 0.364. The minimum atomic E-state index is -3.92. The lowest BCUT2D eigenvalue weighted by atomic mass is 10.1. The fourth-order valence-corrected chi connectivity index (χ4v) is 2.07. The zero-order valence-electron chi connectivity index (χ0n) is 9.73. The second kappa shape index (κ2) is 4.66. The third-order valence-electron chi connectivity index (χ3n) is 2.78. The van der Waals surface area contributed by atoms with Gasteiger partial charge in [-0.3, -0.25) is 4.79 Å². The summed E-state index contributed by atoms with van der Waals surface area (Å²) in [6.07, 6.45) is 2.03. The molecule has 2 rings (SSSR count). The number of carbonyl (C=O) groups is 1. The van der Waals surface area contributed by atoms with Crippen LogP contribution in [-0.2, 0) is 10.2 Å². The molecule has 1 amide bonds. The Hall–Kier alpha value is -1.47. The van der Waals surface area contributed by atoms with E-state index in [2.05, 4.69) is 0 Å². The molecule has 7 heteroatoms. The van der Waals surface area contributed by atoms with E-state index >= 15 is 0 Å². The molecule has 5 nitrogen and oxygen atoms in total. The van der Waals surface area contributed by atoms with E-state index in [-0.39, 0.29) is 5.56 Å². The quantitative estimate of drug-likeness (QED) is 0.855. The van der Waals surface area contributed by atoms with E-state index in [1.54, 1.807) is 10.8 Å². The van der Waals surface area contributed by atoms with E-state index in [1.165, 1.54) is 12.1 Å². The molecule has 98 valence electrons. The van der Waals surface area contributed by atoms with Crippen molar-refractivity contribution >= 4 is 16.1 Å². The van der Waals surface area contributed by atoms with Gasteiger partial charge in [-0.1, -0.05) is 6.07 Å². The summed E-state index contributed by atoms with van der Waals surface area (Å²) in [5.74, 6) is -1.34. The molecule has 0 heterocycles. The van der Waals surface area contributed by atoms with E-state index in [9.17, 15) is 17.6 Å². The molecule has 1 aliphatic rings. The summed E-state index contributed by atoms with van der Waals surface area (Å²) in [5, 5.41) is 0. The van der Waals surface area contributed by atoms with Crippen molar-refractivity contribution in [3.05, 3.63) is 35.1 Å². The zero-order valence-corrected chi connectivity index (χ0v) is 10.6. The molecule has 2 N–H and O–H groups in total.